The lowest BCUT2D eigenvalue weighted by molar-refractivity contribution is 0.104. The van der Waals surface area contributed by atoms with Gasteiger partial charge in [0.1, 0.15) is 17.4 Å². The lowest BCUT2D eigenvalue weighted by Crippen LogP contribution is -2.00. The van der Waals surface area contributed by atoms with Crippen molar-refractivity contribution in [2.75, 3.05) is 0 Å². The number of fused-ring (bicyclic) bond motifs is 3. The molecule has 0 fully saturated rings. The summed E-state index contributed by atoms with van der Waals surface area (Å²) in [4.78, 5) is 1.35. The zero-order valence-electron chi connectivity index (χ0n) is 12.7. The van der Waals surface area contributed by atoms with Crippen LogP contribution < -0.4 is 0 Å². The molecule has 1 aliphatic rings. The fraction of sp³-hybridized carbons (Fsp3) is 0.294. The van der Waals surface area contributed by atoms with Gasteiger partial charge in [-0.1, -0.05) is 30.3 Å². The number of rotatable bonds is 2. The lowest BCUT2D eigenvalue weighted by Gasteiger charge is -2.07. The van der Waals surface area contributed by atoms with Gasteiger partial charge in [-0.25, -0.2) is 0 Å². The highest BCUT2D eigenvalue weighted by molar-refractivity contribution is 7.14. The predicted octanol–water partition coefficient (Wildman–Crippen LogP) is 3.57. The molecule has 2 aromatic heterocycles. The zero-order valence-corrected chi connectivity index (χ0v) is 13.5. The number of aromatic nitrogens is 3. The number of hydrogen-bond donors (Lipinski definition) is 0. The van der Waals surface area contributed by atoms with Gasteiger partial charge >= 0.3 is 0 Å². The van der Waals surface area contributed by atoms with Crippen LogP contribution in [0.2, 0.25) is 0 Å². The standard InChI is InChI=1S/C17H17N3OS/c1-11-14(8-13-6-4-3-5-7-13)15-9-21-10-16-19-18-12(2)20(16)17(15)22-11/h3-7H,8-10H2,1-2H3. The molecule has 0 aliphatic carbocycles. The Morgan fingerprint density at radius 3 is 2.77 bits per heavy atom. The second-order valence-corrected chi connectivity index (χ2v) is 6.78. The minimum atomic E-state index is 0.520. The van der Waals surface area contributed by atoms with Gasteiger partial charge in [0.15, 0.2) is 5.82 Å². The van der Waals surface area contributed by atoms with Crippen LogP contribution in [0.1, 0.15) is 33.2 Å². The van der Waals surface area contributed by atoms with Crippen molar-refractivity contribution in [3.8, 4) is 5.00 Å². The summed E-state index contributed by atoms with van der Waals surface area (Å²) < 4.78 is 7.98. The number of nitrogens with zero attached hydrogens (tertiary/aromatic N) is 3. The quantitative estimate of drug-likeness (QED) is 0.726. The fourth-order valence-corrected chi connectivity index (χ4v) is 4.22. The zero-order chi connectivity index (χ0) is 15.1. The first-order chi connectivity index (χ1) is 10.7. The minimum Gasteiger partial charge on any atom is -0.369 e. The van der Waals surface area contributed by atoms with E-state index in [2.05, 4.69) is 52.0 Å². The Morgan fingerprint density at radius 2 is 1.95 bits per heavy atom. The summed E-state index contributed by atoms with van der Waals surface area (Å²) in [5, 5.41) is 9.65. The topological polar surface area (TPSA) is 39.9 Å². The third-order valence-electron chi connectivity index (χ3n) is 4.09. The maximum atomic E-state index is 5.84. The molecule has 0 saturated carbocycles. The molecule has 0 amide bonds. The molecule has 22 heavy (non-hydrogen) atoms. The second-order valence-electron chi connectivity index (χ2n) is 5.57. The van der Waals surface area contributed by atoms with E-state index in [9.17, 15) is 0 Å². The largest absolute Gasteiger partial charge is 0.369 e. The van der Waals surface area contributed by atoms with Crippen LogP contribution in [-0.4, -0.2) is 14.8 Å². The highest BCUT2D eigenvalue weighted by Crippen LogP contribution is 2.36. The van der Waals surface area contributed by atoms with E-state index in [1.165, 1.54) is 26.6 Å². The average Bonchev–Trinajstić information content (AvgIpc) is 2.96. The summed E-state index contributed by atoms with van der Waals surface area (Å²) in [6, 6.07) is 10.6. The molecule has 0 saturated heterocycles. The van der Waals surface area contributed by atoms with Gasteiger partial charge in [-0.2, -0.15) is 0 Å². The van der Waals surface area contributed by atoms with Crippen LogP contribution in [0.25, 0.3) is 5.00 Å². The van der Waals surface area contributed by atoms with Crippen molar-refractivity contribution in [2.24, 2.45) is 0 Å². The normalized spacial score (nSPS) is 13.5. The van der Waals surface area contributed by atoms with Crippen molar-refractivity contribution >= 4 is 11.3 Å². The molecule has 0 unspecified atom stereocenters. The van der Waals surface area contributed by atoms with Crippen LogP contribution in [0.4, 0.5) is 0 Å². The van der Waals surface area contributed by atoms with Crippen molar-refractivity contribution in [3.63, 3.8) is 0 Å². The Labute approximate surface area is 133 Å². The van der Waals surface area contributed by atoms with Gasteiger partial charge in [0.05, 0.1) is 6.61 Å². The van der Waals surface area contributed by atoms with Gasteiger partial charge in [-0.05, 0) is 31.4 Å². The van der Waals surface area contributed by atoms with E-state index >= 15 is 0 Å². The number of benzene rings is 1. The van der Waals surface area contributed by atoms with Gasteiger partial charge < -0.3 is 4.74 Å². The van der Waals surface area contributed by atoms with E-state index in [1.54, 1.807) is 0 Å². The SMILES string of the molecule is Cc1sc2c(c1Cc1ccccc1)COCc1nnc(C)n1-2. The Bertz CT molecular complexity index is 820. The van der Waals surface area contributed by atoms with E-state index in [4.69, 9.17) is 4.74 Å². The van der Waals surface area contributed by atoms with Crippen molar-refractivity contribution in [1.29, 1.82) is 0 Å². The fourth-order valence-electron chi connectivity index (χ4n) is 2.98. The minimum absolute atomic E-state index is 0.520. The molecular formula is C17H17N3OS. The first-order valence-corrected chi connectivity index (χ1v) is 8.20. The summed E-state index contributed by atoms with van der Waals surface area (Å²) in [7, 11) is 0. The summed E-state index contributed by atoms with van der Waals surface area (Å²) in [5.74, 6) is 1.82. The van der Waals surface area contributed by atoms with Crippen molar-refractivity contribution in [3.05, 3.63) is 63.5 Å². The highest BCUT2D eigenvalue weighted by Gasteiger charge is 2.24. The Balaban J connectivity index is 1.84. The van der Waals surface area contributed by atoms with Gasteiger partial charge in [0.2, 0.25) is 0 Å². The molecule has 1 aliphatic heterocycles. The first kappa shape index (κ1) is 13.7. The number of ether oxygens (including phenoxy) is 1. The van der Waals surface area contributed by atoms with Crippen LogP contribution in [0.5, 0.6) is 0 Å². The van der Waals surface area contributed by atoms with Crippen molar-refractivity contribution in [2.45, 2.75) is 33.5 Å². The van der Waals surface area contributed by atoms with E-state index in [0.29, 0.717) is 13.2 Å². The van der Waals surface area contributed by atoms with Crippen LogP contribution in [0, 0.1) is 13.8 Å². The predicted molar refractivity (Wildman–Crippen MR) is 86.5 cm³/mol. The molecule has 0 N–H and O–H groups in total. The molecule has 0 spiro atoms. The third-order valence-corrected chi connectivity index (χ3v) is 5.27. The Morgan fingerprint density at radius 1 is 1.14 bits per heavy atom. The monoisotopic (exact) mass is 311 g/mol. The number of aryl methyl sites for hydroxylation is 2. The lowest BCUT2D eigenvalue weighted by atomic mass is 10.0. The summed E-state index contributed by atoms with van der Waals surface area (Å²) in [6.07, 6.45) is 0.943. The van der Waals surface area contributed by atoms with Gasteiger partial charge in [0.25, 0.3) is 0 Å². The number of hydrogen-bond acceptors (Lipinski definition) is 4. The maximum absolute atomic E-state index is 5.84. The molecule has 1 aromatic carbocycles. The van der Waals surface area contributed by atoms with Crippen LogP contribution in [0.15, 0.2) is 30.3 Å². The van der Waals surface area contributed by atoms with E-state index in [0.717, 1.165) is 18.1 Å². The molecule has 0 atom stereocenters. The van der Waals surface area contributed by atoms with Gasteiger partial charge in [-0.15, -0.1) is 21.5 Å². The highest BCUT2D eigenvalue weighted by atomic mass is 32.1. The Kier molecular flexibility index (Phi) is 3.32. The van der Waals surface area contributed by atoms with Crippen LogP contribution in [0.3, 0.4) is 0 Å². The van der Waals surface area contributed by atoms with Crippen LogP contribution in [-0.2, 0) is 24.4 Å². The second kappa shape index (κ2) is 5.34. The van der Waals surface area contributed by atoms with Crippen molar-refractivity contribution < 1.29 is 4.74 Å². The Hall–Kier alpha value is -1.98. The van der Waals surface area contributed by atoms with E-state index < -0.39 is 0 Å². The van der Waals surface area contributed by atoms with Gasteiger partial charge in [0, 0.05) is 10.4 Å². The van der Waals surface area contributed by atoms with Crippen LogP contribution >= 0.6 is 11.3 Å². The molecule has 0 radical (unpaired) electrons. The van der Waals surface area contributed by atoms with Gasteiger partial charge in [-0.3, -0.25) is 4.57 Å². The molecule has 5 heteroatoms. The van der Waals surface area contributed by atoms with Crippen molar-refractivity contribution in [1.82, 2.24) is 14.8 Å². The molecule has 0 bridgehead atoms. The molecule has 3 heterocycles. The summed E-state index contributed by atoms with van der Waals surface area (Å²) in [5.41, 5.74) is 4.00. The summed E-state index contributed by atoms with van der Waals surface area (Å²) >= 11 is 1.81. The molecule has 4 nitrogen and oxygen atoms in total. The third kappa shape index (κ3) is 2.17. The maximum Gasteiger partial charge on any atom is 0.164 e. The molecule has 3 aromatic rings. The number of thiophene rings is 1. The van der Waals surface area contributed by atoms with E-state index in [-0.39, 0.29) is 0 Å². The molecule has 112 valence electrons. The smallest absolute Gasteiger partial charge is 0.164 e. The van der Waals surface area contributed by atoms with E-state index in [1.807, 2.05) is 18.3 Å². The molecule has 4 rings (SSSR count). The summed E-state index contributed by atoms with van der Waals surface area (Å²) in [6.45, 7) is 5.35. The average molecular weight is 311 g/mol. The first-order valence-electron chi connectivity index (χ1n) is 7.38. The molecular weight excluding hydrogens is 294 g/mol.